The summed E-state index contributed by atoms with van der Waals surface area (Å²) in [4.78, 5) is 35.7. The molecule has 1 aliphatic rings. The number of allylic oxidation sites excluding steroid dienone is 1. The van der Waals surface area contributed by atoms with E-state index in [9.17, 15) is 14.4 Å². The van der Waals surface area contributed by atoms with Gasteiger partial charge in [0.25, 0.3) is 11.8 Å². The molecule has 164 valence electrons. The van der Waals surface area contributed by atoms with E-state index in [-0.39, 0.29) is 36.8 Å². The minimum absolute atomic E-state index is 0.0198. The SMILES string of the molecule is CC(C)(C)c1ccc(C(=O)NCCC(=O)OCC(=O)NCCC2=CCCCC2)cc1. The summed E-state index contributed by atoms with van der Waals surface area (Å²) in [6.45, 7) is 6.77. The second-order valence-corrected chi connectivity index (χ2v) is 8.70. The molecule has 1 aliphatic carbocycles. The fourth-order valence-electron chi connectivity index (χ4n) is 3.27. The fourth-order valence-corrected chi connectivity index (χ4v) is 3.27. The highest BCUT2D eigenvalue weighted by atomic mass is 16.5. The van der Waals surface area contributed by atoms with Gasteiger partial charge >= 0.3 is 5.97 Å². The van der Waals surface area contributed by atoms with E-state index in [4.69, 9.17) is 4.74 Å². The van der Waals surface area contributed by atoms with Crippen LogP contribution in [0.2, 0.25) is 0 Å². The third kappa shape index (κ3) is 8.39. The van der Waals surface area contributed by atoms with Gasteiger partial charge < -0.3 is 15.4 Å². The Balaban J connectivity index is 1.59. The number of rotatable bonds is 9. The average molecular weight is 415 g/mol. The van der Waals surface area contributed by atoms with Gasteiger partial charge in [-0.05, 0) is 55.2 Å². The molecule has 0 unspecified atom stereocenters. The van der Waals surface area contributed by atoms with E-state index in [0.717, 1.165) is 24.8 Å². The van der Waals surface area contributed by atoms with Gasteiger partial charge in [-0.3, -0.25) is 14.4 Å². The molecule has 0 fully saturated rings. The summed E-state index contributed by atoms with van der Waals surface area (Å²) in [6, 6.07) is 7.43. The van der Waals surface area contributed by atoms with Crippen molar-refractivity contribution in [1.82, 2.24) is 10.6 Å². The molecular weight excluding hydrogens is 380 g/mol. The van der Waals surface area contributed by atoms with E-state index in [2.05, 4.69) is 37.5 Å². The molecule has 0 saturated carbocycles. The lowest BCUT2D eigenvalue weighted by molar-refractivity contribution is -0.148. The second-order valence-electron chi connectivity index (χ2n) is 8.70. The molecule has 0 saturated heterocycles. The summed E-state index contributed by atoms with van der Waals surface area (Å²) in [5, 5.41) is 5.47. The molecule has 2 amide bonds. The van der Waals surface area contributed by atoms with Crippen LogP contribution in [0.4, 0.5) is 0 Å². The predicted molar refractivity (Wildman–Crippen MR) is 117 cm³/mol. The summed E-state index contributed by atoms with van der Waals surface area (Å²) >= 11 is 0. The van der Waals surface area contributed by atoms with Crippen molar-refractivity contribution >= 4 is 17.8 Å². The highest BCUT2D eigenvalue weighted by Gasteiger charge is 2.14. The maximum absolute atomic E-state index is 12.2. The Morgan fingerprint density at radius 3 is 2.37 bits per heavy atom. The first kappa shape index (κ1) is 23.6. The van der Waals surface area contributed by atoms with Crippen LogP contribution in [0.25, 0.3) is 0 Å². The van der Waals surface area contributed by atoms with Crippen LogP contribution in [0.5, 0.6) is 0 Å². The van der Waals surface area contributed by atoms with Crippen molar-refractivity contribution in [2.45, 2.75) is 64.7 Å². The van der Waals surface area contributed by atoms with Gasteiger partial charge in [-0.15, -0.1) is 0 Å². The first-order chi connectivity index (χ1) is 14.3. The van der Waals surface area contributed by atoms with Gasteiger partial charge in [0.2, 0.25) is 0 Å². The smallest absolute Gasteiger partial charge is 0.308 e. The Hall–Kier alpha value is -2.63. The fraction of sp³-hybridized carbons (Fsp3) is 0.542. The topological polar surface area (TPSA) is 84.5 Å². The normalized spacial score (nSPS) is 13.9. The van der Waals surface area contributed by atoms with E-state index in [1.54, 1.807) is 12.1 Å². The number of nitrogens with one attached hydrogen (secondary N) is 2. The number of carbonyl (C=O) groups is 3. The maximum Gasteiger partial charge on any atom is 0.308 e. The van der Waals surface area contributed by atoms with Crippen LogP contribution in [-0.2, 0) is 19.7 Å². The van der Waals surface area contributed by atoms with E-state index in [1.165, 1.54) is 18.4 Å². The summed E-state index contributed by atoms with van der Waals surface area (Å²) < 4.78 is 4.97. The molecule has 0 spiro atoms. The molecule has 30 heavy (non-hydrogen) atoms. The van der Waals surface area contributed by atoms with Crippen LogP contribution in [0.1, 0.15) is 75.2 Å². The predicted octanol–water partition coefficient (Wildman–Crippen LogP) is 3.65. The summed E-state index contributed by atoms with van der Waals surface area (Å²) in [5.41, 5.74) is 3.11. The van der Waals surface area contributed by atoms with Crippen molar-refractivity contribution in [3.05, 3.63) is 47.0 Å². The number of esters is 1. The first-order valence-corrected chi connectivity index (χ1v) is 10.7. The average Bonchev–Trinajstić information content (AvgIpc) is 2.72. The van der Waals surface area contributed by atoms with Crippen LogP contribution in [0.15, 0.2) is 35.9 Å². The van der Waals surface area contributed by atoms with Crippen molar-refractivity contribution in [1.29, 1.82) is 0 Å². The first-order valence-electron chi connectivity index (χ1n) is 10.7. The summed E-state index contributed by atoms with van der Waals surface area (Å²) in [5.74, 6) is -1.05. The van der Waals surface area contributed by atoms with E-state index < -0.39 is 5.97 Å². The van der Waals surface area contributed by atoms with Crippen molar-refractivity contribution in [3.63, 3.8) is 0 Å². The number of amides is 2. The lowest BCUT2D eigenvalue weighted by atomic mass is 9.87. The number of ether oxygens (including phenoxy) is 1. The van der Waals surface area contributed by atoms with E-state index in [1.807, 2.05) is 12.1 Å². The maximum atomic E-state index is 12.2. The van der Waals surface area contributed by atoms with Crippen LogP contribution in [-0.4, -0.2) is 37.5 Å². The highest BCUT2D eigenvalue weighted by Crippen LogP contribution is 2.22. The molecule has 0 aliphatic heterocycles. The Bertz CT molecular complexity index is 760. The molecule has 2 N–H and O–H groups in total. The minimum Gasteiger partial charge on any atom is -0.456 e. The molecule has 1 aromatic carbocycles. The number of benzene rings is 1. The van der Waals surface area contributed by atoms with Gasteiger partial charge in [-0.1, -0.05) is 44.6 Å². The molecule has 6 nitrogen and oxygen atoms in total. The third-order valence-electron chi connectivity index (χ3n) is 5.15. The zero-order valence-electron chi connectivity index (χ0n) is 18.4. The molecular formula is C24H34N2O4. The monoisotopic (exact) mass is 414 g/mol. The number of carbonyl (C=O) groups excluding carboxylic acids is 3. The lowest BCUT2D eigenvalue weighted by Gasteiger charge is -2.19. The molecule has 0 heterocycles. The third-order valence-corrected chi connectivity index (χ3v) is 5.15. The van der Waals surface area contributed by atoms with Crippen molar-refractivity contribution in [2.75, 3.05) is 19.7 Å². The second kappa shape index (κ2) is 11.5. The van der Waals surface area contributed by atoms with Gasteiger partial charge in [-0.25, -0.2) is 0 Å². The standard InChI is InChI=1S/C24H34N2O4/c1-24(2,3)20-11-9-19(10-12-20)23(29)26-16-14-22(28)30-17-21(27)25-15-13-18-7-5-4-6-8-18/h7,9-12H,4-6,8,13-17H2,1-3H3,(H,25,27)(H,26,29). The van der Waals surface area contributed by atoms with E-state index in [0.29, 0.717) is 12.1 Å². The zero-order valence-corrected chi connectivity index (χ0v) is 18.4. The van der Waals surface area contributed by atoms with Crippen LogP contribution < -0.4 is 10.6 Å². The Kier molecular flexibility index (Phi) is 9.09. The van der Waals surface area contributed by atoms with Gasteiger partial charge in [-0.2, -0.15) is 0 Å². The van der Waals surface area contributed by atoms with Gasteiger partial charge in [0.15, 0.2) is 6.61 Å². The minimum atomic E-state index is -0.511. The molecule has 6 heteroatoms. The molecule has 0 aromatic heterocycles. The summed E-state index contributed by atoms with van der Waals surface area (Å²) in [7, 11) is 0. The zero-order chi connectivity index (χ0) is 22.0. The van der Waals surface area contributed by atoms with Gasteiger partial charge in [0.1, 0.15) is 0 Å². The Labute approximate surface area is 179 Å². The van der Waals surface area contributed by atoms with Crippen molar-refractivity contribution in [3.8, 4) is 0 Å². The highest BCUT2D eigenvalue weighted by molar-refractivity contribution is 5.94. The van der Waals surface area contributed by atoms with Crippen molar-refractivity contribution in [2.24, 2.45) is 0 Å². The number of hydrogen-bond acceptors (Lipinski definition) is 4. The quantitative estimate of drug-likeness (QED) is 0.477. The molecule has 1 aromatic rings. The molecule has 2 rings (SSSR count). The Morgan fingerprint density at radius 2 is 1.73 bits per heavy atom. The summed E-state index contributed by atoms with van der Waals surface area (Å²) in [6.07, 6.45) is 7.82. The van der Waals surface area contributed by atoms with Crippen LogP contribution >= 0.6 is 0 Å². The molecule has 0 radical (unpaired) electrons. The van der Waals surface area contributed by atoms with Crippen LogP contribution in [0.3, 0.4) is 0 Å². The van der Waals surface area contributed by atoms with Crippen LogP contribution in [0, 0.1) is 0 Å². The molecule has 0 atom stereocenters. The lowest BCUT2D eigenvalue weighted by Crippen LogP contribution is -2.31. The number of hydrogen-bond donors (Lipinski definition) is 2. The molecule has 0 bridgehead atoms. The Morgan fingerprint density at radius 1 is 1.00 bits per heavy atom. The largest absolute Gasteiger partial charge is 0.456 e. The van der Waals surface area contributed by atoms with Crippen molar-refractivity contribution < 1.29 is 19.1 Å². The van der Waals surface area contributed by atoms with Gasteiger partial charge in [0.05, 0.1) is 6.42 Å². The van der Waals surface area contributed by atoms with E-state index >= 15 is 0 Å². The van der Waals surface area contributed by atoms with Gasteiger partial charge in [0, 0.05) is 18.7 Å².